The highest BCUT2D eigenvalue weighted by Crippen LogP contribution is 2.26. The number of halogens is 1. The quantitative estimate of drug-likeness (QED) is 0.783. The first kappa shape index (κ1) is 9.34. The molecule has 1 aromatic heterocycles. The van der Waals surface area contributed by atoms with E-state index >= 15 is 0 Å². The van der Waals surface area contributed by atoms with Crippen LogP contribution in [-0.4, -0.2) is 16.6 Å². The molecule has 1 heterocycles. The number of hydrogen-bond donors (Lipinski definition) is 1. The Labute approximate surface area is 87.7 Å². The molecule has 0 saturated carbocycles. The van der Waals surface area contributed by atoms with E-state index < -0.39 is 0 Å². The SMILES string of the molecule is CNc1nc2c(C)c(Cl)ccc2n1C. The van der Waals surface area contributed by atoms with Gasteiger partial charge < -0.3 is 9.88 Å². The zero-order valence-corrected chi connectivity index (χ0v) is 9.18. The summed E-state index contributed by atoms with van der Waals surface area (Å²) in [5.74, 6) is 0.852. The van der Waals surface area contributed by atoms with Gasteiger partial charge >= 0.3 is 0 Å². The molecule has 1 aromatic carbocycles. The molecule has 0 unspecified atom stereocenters. The Balaban J connectivity index is 2.85. The molecule has 4 heteroatoms. The largest absolute Gasteiger partial charge is 0.359 e. The molecule has 2 rings (SSSR count). The van der Waals surface area contributed by atoms with Crippen LogP contribution in [0.1, 0.15) is 5.56 Å². The summed E-state index contributed by atoms with van der Waals surface area (Å²) >= 11 is 6.02. The molecule has 0 fully saturated rings. The Bertz CT molecular complexity index is 488. The predicted molar refractivity (Wildman–Crippen MR) is 60.0 cm³/mol. The number of aromatic nitrogens is 2. The normalized spacial score (nSPS) is 10.9. The zero-order valence-electron chi connectivity index (χ0n) is 8.43. The van der Waals surface area contributed by atoms with Crippen LogP contribution < -0.4 is 5.32 Å². The number of anilines is 1. The van der Waals surface area contributed by atoms with Crippen molar-refractivity contribution in [3.63, 3.8) is 0 Å². The molecule has 2 aromatic rings. The maximum absolute atomic E-state index is 6.02. The summed E-state index contributed by atoms with van der Waals surface area (Å²) in [5, 5.41) is 3.80. The summed E-state index contributed by atoms with van der Waals surface area (Å²) in [6.45, 7) is 1.98. The maximum Gasteiger partial charge on any atom is 0.203 e. The molecule has 0 bridgehead atoms. The second-order valence-corrected chi connectivity index (χ2v) is 3.69. The van der Waals surface area contributed by atoms with Crippen molar-refractivity contribution >= 4 is 28.6 Å². The van der Waals surface area contributed by atoms with E-state index in [1.807, 2.05) is 37.7 Å². The van der Waals surface area contributed by atoms with Gasteiger partial charge in [-0.25, -0.2) is 4.98 Å². The molecule has 0 radical (unpaired) electrons. The predicted octanol–water partition coefficient (Wildman–Crippen LogP) is 2.58. The summed E-state index contributed by atoms with van der Waals surface area (Å²) in [4.78, 5) is 4.46. The molecular weight excluding hydrogens is 198 g/mol. The van der Waals surface area contributed by atoms with Crippen LogP contribution in [-0.2, 0) is 7.05 Å². The third kappa shape index (κ3) is 1.16. The minimum atomic E-state index is 0.762. The summed E-state index contributed by atoms with van der Waals surface area (Å²) in [7, 11) is 3.84. The van der Waals surface area contributed by atoms with Crippen molar-refractivity contribution in [2.24, 2.45) is 7.05 Å². The molecule has 74 valence electrons. The number of nitrogens with zero attached hydrogens (tertiary/aromatic N) is 2. The zero-order chi connectivity index (χ0) is 10.3. The fraction of sp³-hybridized carbons (Fsp3) is 0.300. The van der Waals surface area contributed by atoms with Crippen molar-refractivity contribution in [1.29, 1.82) is 0 Å². The van der Waals surface area contributed by atoms with Crippen LogP contribution in [0.15, 0.2) is 12.1 Å². The number of rotatable bonds is 1. The maximum atomic E-state index is 6.02. The fourth-order valence-corrected chi connectivity index (χ4v) is 1.74. The minimum Gasteiger partial charge on any atom is -0.359 e. The number of aryl methyl sites for hydroxylation is 2. The van der Waals surface area contributed by atoms with Gasteiger partial charge in [0.05, 0.1) is 11.0 Å². The lowest BCUT2D eigenvalue weighted by Crippen LogP contribution is -1.97. The van der Waals surface area contributed by atoms with Crippen molar-refractivity contribution < 1.29 is 0 Å². The smallest absolute Gasteiger partial charge is 0.203 e. The van der Waals surface area contributed by atoms with E-state index in [-0.39, 0.29) is 0 Å². The van der Waals surface area contributed by atoms with Gasteiger partial charge in [-0.15, -0.1) is 0 Å². The number of fused-ring (bicyclic) bond motifs is 1. The van der Waals surface area contributed by atoms with E-state index in [9.17, 15) is 0 Å². The highest BCUT2D eigenvalue weighted by Gasteiger charge is 2.09. The Morgan fingerprint density at radius 1 is 1.43 bits per heavy atom. The van der Waals surface area contributed by atoms with Gasteiger partial charge in [0.2, 0.25) is 5.95 Å². The van der Waals surface area contributed by atoms with E-state index in [2.05, 4.69) is 10.3 Å². The average Bonchev–Trinajstić information content (AvgIpc) is 2.50. The first-order chi connectivity index (χ1) is 6.65. The molecule has 0 spiro atoms. The van der Waals surface area contributed by atoms with Gasteiger partial charge in [-0.2, -0.15) is 0 Å². The summed E-state index contributed by atoms with van der Waals surface area (Å²) in [5.41, 5.74) is 3.09. The lowest BCUT2D eigenvalue weighted by Gasteiger charge is -2.00. The van der Waals surface area contributed by atoms with E-state index in [0.29, 0.717) is 0 Å². The third-order valence-electron chi connectivity index (χ3n) is 2.46. The fourth-order valence-electron chi connectivity index (χ4n) is 1.59. The van der Waals surface area contributed by atoms with Crippen molar-refractivity contribution in [3.05, 3.63) is 22.7 Å². The van der Waals surface area contributed by atoms with Gasteiger partial charge in [-0.05, 0) is 24.6 Å². The Morgan fingerprint density at radius 3 is 2.79 bits per heavy atom. The number of hydrogen-bond acceptors (Lipinski definition) is 2. The summed E-state index contributed by atoms with van der Waals surface area (Å²) in [6.07, 6.45) is 0. The van der Waals surface area contributed by atoms with Gasteiger partial charge in [0.25, 0.3) is 0 Å². The topological polar surface area (TPSA) is 29.9 Å². The standard InChI is InChI=1S/C10H12ClN3/c1-6-7(11)4-5-8-9(6)13-10(12-2)14(8)3/h4-5H,1-3H3,(H,12,13). The lowest BCUT2D eigenvalue weighted by atomic mass is 10.2. The molecule has 0 saturated heterocycles. The van der Waals surface area contributed by atoms with Crippen molar-refractivity contribution in [1.82, 2.24) is 9.55 Å². The van der Waals surface area contributed by atoms with Gasteiger partial charge in [-0.1, -0.05) is 11.6 Å². The van der Waals surface area contributed by atoms with Crippen LogP contribution in [0, 0.1) is 6.92 Å². The van der Waals surface area contributed by atoms with Gasteiger partial charge in [0.1, 0.15) is 0 Å². The Hall–Kier alpha value is -1.22. The van der Waals surface area contributed by atoms with E-state index in [1.54, 1.807) is 0 Å². The first-order valence-corrected chi connectivity index (χ1v) is 4.82. The molecule has 0 atom stereocenters. The molecule has 0 aliphatic carbocycles. The van der Waals surface area contributed by atoms with Crippen LogP contribution in [0.25, 0.3) is 11.0 Å². The Morgan fingerprint density at radius 2 is 2.14 bits per heavy atom. The van der Waals surface area contributed by atoms with E-state index in [0.717, 1.165) is 27.6 Å². The summed E-state index contributed by atoms with van der Waals surface area (Å²) < 4.78 is 2.01. The molecule has 3 nitrogen and oxygen atoms in total. The van der Waals surface area contributed by atoms with E-state index in [1.165, 1.54) is 0 Å². The second kappa shape index (κ2) is 3.17. The average molecular weight is 210 g/mol. The molecular formula is C10H12ClN3. The van der Waals surface area contributed by atoms with Crippen LogP contribution >= 0.6 is 11.6 Å². The van der Waals surface area contributed by atoms with Gasteiger partial charge in [0.15, 0.2) is 0 Å². The first-order valence-electron chi connectivity index (χ1n) is 4.44. The molecule has 0 aliphatic heterocycles. The van der Waals surface area contributed by atoms with Crippen LogP contribution in [0.5, 0.6) is 0 Å². The van der Waals surface area contributed by atoms with Gasteiger partial charge in [-0.3, -0.25) is 0 Å². The minimum absolute atomic E-state index is 0.762. The summed E-state index contributed by atoms with van der Waals surface area (Å²) in [6, 6.07) is 3.89. The van der Waals surface area contributed by atoms with Crippen LogP contribution in [0.3, 0.4) is 0 Å². The molecule has 0 amide bonds. The third-order valence-corrected chi connectivity index (χ3v) is 2.87. The van der Waals surface area contributed by atoms with Crippen LogP contribution in [0.4, 0.5) is 5.95 Å². The highest BCUT2D eigenvalue weighted by molar-refractivity contribution is 6.32. The van der Waals surface area contributed by atoms with Crippen molar-refractivity contribution in [2.75, 3.05) is 12.4 Å². The lowest BCUT2D eigenvalue weighted by molar-refractivity contribution is 0.952. The highest BCUT2D eigenvalue weighted by atomic mass is 35.5. The number of benzene rings is 1. The van der Waals surface area contributed by atoms with Gasteiger partial charge in [0, 0.05) is 19.1 Å². The molecule has 14 heavy (non-hydrogen) atoms. The van der Waals surface area contributed by atoms with Crippen molar-refractivity contribution in [3.8, 4) is 0 Å². The van der Waals surface area contributed by atoms with E-state index in [4.69, 9.17) is 11.6 Å². The van der Waals surface area contributed by atoms with Crippen molar-refractivity contribution in [2.45, 2.75) is 6.92 Å². The molecule has 1 N–H and O–H groups in total. The molecule has 0 aliphatic rings. The number of nitrogens with one attached hydrogen (secondary N) is 1. The number of imidazole rings is 1. The Kier molecular flexibility index (Phi) is 2.11. The monoisotopic (exact) mass is 209 g/mol. The van der Waals surface area contributed by atoms with Crippen LogP contribution in [0.2, 0.25) is 5.02 Å². The second-order valence-electron chi connectivity index (χ2n) is 3.28.